The highest BCUT2D eigenvalue weighted by Gasteiger charge is 2.38. The van der Waals surface area contributed by atoms with Gasteiger partial charge in [0, 0.05) is 6.54 Å². The third kappa shape index (κ3) is 3.87. The van der Waals surface area contributed by atoms with Crippen molar-refractivity contribution >= 4 is 5.91 Å². The van der Waals surface area contributed by atoms with E-state index in [0.717, 1.165) is 25.9 Å². The molecule has 1 fully saturated rings. The Kier molecular flexibility index (Phi) is 5.98. The van der Waals surface area contributed by atoms with Crippen LogP contribution < -0.4 is 5.32 Å². The van der Waals surface area contributed by atoms with Crippen molar-refractivity contribution in [2.45, 2.75) is 51.2 Å². The molecule has 0 spiro atoms. The lowest BCUT2D eigenvalue weighted by Gasteiger charge is -2.31. The highest BCUT2D eigenvalue weighted by Crippen LogP contribution is 2.29. The number of carbonyl (C=O) groups excluding carboxylic acids is 1. The lowest BCUT2D eigenvalue weighted by Crippen LogP contribution is -2.47. The van der Waals surface area contributed by atoms with Crippen LogP contribution in [0.4, 0.5) is 0 Å². The van der Waals surface area contributed by atoms with Gasteiger partial charge in [0.1, 0.15) is 5.60 Å². The van der Waals surface area contributed by atoms with Crippen molar-refractivity contribution in [3.8, 4) is 0 Å². The molecule has 0 aliphatic heterocycles. The van der Waals surface area contributed by atoms with Crippen LogP contribution in [0.15, 0.2) is 30.3 Å². The largest absolute Gasteiger partial charge is 0.380 e. The molecule has 0 heterocycles. The van der Waals surface area contributed by atoms with E-state index in [0.29, 0.717) is 19.4 Å². The van der Waals surface area contributed by atoms with E-state index in [1.165, 1.54) is 5.56 Å². The normalized spacial score (nSPS) is 18.4. The van der Waals surface area contributed by atoms with E-state index in [1.807, 2.05) is 18.2 Å². The highest BCUT2D eigenvalue weighted by molar-refractivity contribution is 5.85. The standard InChI is InChI=1S/C18H28N2O2/c1-3-20(4-2)16(15-10-6-5-7-11-15)14-19-17(21)18(22)12-8-9-13-18/h5-7,10-11,16,22H,3-4,8-9,12-14H2,1-2H3,(H,19,21). The second kappa shape index (κ2) is 7.75. The molecule has 1 aromatic rings. The third-order valence-electron chi connectivity index (χ3n) is 4.75. The zero-order valence-electron chi connectivity index (χ0n) is 13.7. The second-order valence-corrected chi connectivity index (χ2v) is 6.10. The van der Waals surface area contributed by atoms with Crippen LogP contribution in [0.3, 0.4) is 0 Å². The average molecular weight is 304 g/mol. The summed E-state index contributed by atoms with van der Waals surface area (Å²) >= 11 is 0. The van der Waals surface area contributed by atoms with Gasteiger partial charge in [0.25, 0.3) is 5.91 Å². The monoisotopic (exact) mass is 304 g/mol. The van der Waals surface area contributed by atoms with Crippen molar-refractivity contribution in [1.29, 1.82) is 0 Å². The van der Waals surface area contributed by atoms with Crippen LogP contribution in [0.1, 0.15) is 51.1 Å². The SMILES string of the molecule is CCN(CC)C(CNC(=O)C1(O)CCCC1)c1ccccc1. The van der Waals surface area contributed by atoms with Crippen LogP contribution >= 0.6 is 0 Å². The Bertz CT molecular complexity index is 465. The zero-order valence-corrected chi connectivity index (χ0v) is 13.7. The van der Waals surface area contributed by atoms with Gasteiger partial charge in [-0.2, -0.15) is 0 Å². The number of amides is 1. The molecule has 0 aromatic heterocycles. The number of hydrogen-bond acceptors (Lipinski definition) is 3. The summed E-state index contributed by atoms with van der Waals surface area (Å²) in [5.74, 6) is -0.210. The molecule has 1 saturated carbocycles. The number of rotatable bonds is 7. The molecule has 1 atom stereocenters. The maximum absolute atomic E-state index is 12.3. The van der Waals surface area contributed by atoms with Gasteiger partial charge in [-0.1, -0.05) is 44.2 Å². The van der Waals surface area contributed by atoms with E-state index in [-0.39, 0.29) is 11.9 Å². The molecular weight excluding hydrogens is 276 g/mol. The summed E-state index contributed by atoms with van der Waals surface area (Å²) in [5.41, 5.74) is 0.0507. The van der Waals surface area contributed by atoms with Crippen LogP contribution in [0, 0.1) is 0 Å². The van der Waals surface area contributed by atoms with E-state index in [1.54, 1.807) is 0 Å². The van der Waals surface area contributed by atoms with Crippen molar-refractivity contribution in [3.63, 3.8) is 0 Å². The van der Waals surface area contributed by atoms with Crippen molar-refractivity contribution in [2.24, 2.45) is 0 Å². The van der Waals surface area contributed by atoms with Gasteiger partial charge in [-0.05, 0) is 44.3 Å². The zero-order chi connectivity index (χ0) is 16.0. The minimum absolute atomic E-state index is 0.144. The summed E-state index contributed by atoms with van der Waals surface area (Å²) in [6.07, 6.45) is 3.03. The maximum Gasteiger partial charge on any atom is 0.252 e. The van der Waals surface area contributed by atoms with Crippen molar-refractivity contribution in [3.05, 3.63) is 35.9 Å². The van der Waals surface area contributed by atoms with Crippen LogP contribution in [0.2, 0.25) is 0 Å². The minimum atomic E-state index is -1.15. The summed E-state index contributed by atoms with van der Waals surface area (Å²) in [7, 11) is 0. The van der Waals surface area contributed by atoms with Crippen molar-refractivity contribution < 1.29 is 9.90 Å². The first kappa shape index (κ1) is 17.0. The molecule has 122 valence electrons. The van der Waals surface area contributed by atoms with Crippen LogP contribution in [-0.4, -0.2) is 41.1 Å². The van der Waals surface area contributed by atoms with E-state index in [9.17, 15) is 9.90 Å². The molecule has 1 aliphatic rings. The molecule has 0 bridgehead atoms. The molecule has 2 rings (SSSR count). The number of aliphatic hydroxyl groups is 1. The molecule has 0 radical (unpaired) electrons. The molecule has 22 heavy (non-hydrogen) atoms. The number of likely N-dealkylation sites (N-methyl/N-ethyl adjacent to an activating group) is 1. The van der Waals surface area contributed by atoms with Gasteiger partial charge in [-0.15, -0.1) is 0 Å². The van der Waals surface area contributed by atoms with E-state index >= 15 is 0 Å². The maximum atomic E-state index is 12.3. The van der Waals surface area contributed by atoms with Gasteiger partial charge in [0.05, 0.1) is 6.04 Å². The summed E-state index contributed by atoms with van der Waals surface area (Å²) in [5, 5.41) is 13.4. The first-order valence-corrected chi connectivity index (χ1v) is 8.40. The third-order valence-corrected chi connectivity index (χ3v) is 4.75. The topological polar surface area (TPSA) is 52.6 Å². The number of benzene rings is 1. The Morgan fingerprint density at radius 3 is 2.36 bits per heavy atom. The summed E-state index contributed by atoms with van der Waals surface area (Å²) in [6, 6.07) is 10.4. The first-order chi connectivity index (χ1) is 10.6. The molecule has 4 nitrogen and oxygen atoms in total. The Labute approximate surface area is 133 Å². The molecule has 4 heteroatoms. The predicted molar refractivity (Wildman–Crippen MR) is 88.5 cm³/mol. The van der Waals surface area contributed by atoms with Gasteiger partial charge in [0.2, 0.25) is 0 Å². The Hall–Kier alpha value is -1.39. The number of carbonyl (C=O) groups is 1. The van der Waals surface area contributed by atoms with Crippen molar-refractivity contribution in [2.75, 3.05) is 19.6 Å². The smallest absolute Gasteiger partial charge is 0.252 e. The first-order valence-electron chi connectivity index (χ1n) is 8.40. The van der Waals surface area contributed by atoms with Gasteiger partial charge in [0.15, 0.2) is 0 Å². The Morgan fingerprint density at radius 2 is 1.82 bits per heavy atom. The Balaban J connectivity index is 2.05. The fraction of sp³-hybridized carbons (Fsp3) is 0.611. The molecule has 1 aromatic carbocycles. The van der Waals surface area contributed by atoms with Gasteiger partial charge in [-0.3, -0.25) is 9.69 Å². The molecule has 1 aliphatic carbocycles. The summed E-state index contributed by atoms with van der Waals surface area (Å²) in [4.78, 5) is 14.7. The number of nitrogens with zero attached hydrogens (tertiary/aromatic N) is 1. The lowest BCUT2D eigenvalue weighted by molar-refractivity contribution is -0.139. The van der Waals surface area contributed by atoms with Crippen LogP contribution in [-0.2, 0) is 4.79 Å². The fourth-order valence-electron chi connectivity index (χ4n) is 3.34. The minimum Gasteiger partial charge on any atom is -0.380 e. The fourth-order valence-corrected chi connectivity index (χ4v) is 3.34. The van der Waals surface area contributed by atoms with E-state index in [2.05, 4.69) is 36.2 Å². The van der Waals surface area contributed by atoms with E-state index in [4.69, 9.17) is 0 Å². The summed E-state index contributed by atoms with van der Waals surface area (Å²) in [6.45, 7) is 6.65. The number of nitrogens with one attached hydrogen (secondary N) is 1. The molecule has 2 N–H and O–H groups in total. The molecule has 0 saturated heterocycles. The quantitative estimate of drug-likeness (QED) is 0.814. The van der Waals surface area contributed by atoms with Crippen LogP contribution in [0.25, 0.3) is 0 Å². The Morgan fingerprint density at radius 1 is 1.23 bits per heavy atom. The lowest BCUT2D eigenvalue weighted by atomic mass is 10.0. The molecule has 1 amide bonds. The number of hydrogen-bond donors (Lipinski definition) is 2. The highest BCUT2D eigenvalue weighted by atomic mass is 16.3. The van der Waals surface area contributed by atoms with Crippen molar-refractivity contribution in [1.82, 2.24) is 10.2 Å². The predicted octanol–water partition coefficient (Wildman–Crippen LogP) is 2.49. The van der Waals surface area contributed by atoms with Gasteiger partial charge < -0.3 is 10.4 Å². The summed E-state index contributed by atoms with van der Waals surface area (Å²) < 4.78 is 0. The van der Waals surface area contributed by atoms with Gasteiger partial charge in [-0.25, -0.2) is 0 Å². The average Bonchev–Trinajstić information content (AvgIpc) is 3.00. The second-order valence-electron chi connectivity index (χ2n) is 6.10. The van der Waals surface area contributed by atoms with Crippen LogP contribution in [0.5, 0.6) is 0 Å². The molecule has 1 unspecified atom stereocenters. The molecular formula is C18H28N2O2. The van der Waals surface area contributed by atoms with Gasteiger partial charge >= 0.3 is 0 Å². The van der Waals surface area contributed by atoms with E-state index < -0.39 is 5.60 Å².